The van der Waals surface area contributed by atoms with Crippen molar-refractivity contribution in [3.8, 4) is 5.75 Å². The number of piperidine rings is 1. The van der Waals surface area contributed by atoms with Crippen LogP contribution in [-0.4, -0.2) is 68.4 Å². The summed E-state index contributed by atoms with van der Waals surface area (Å²) >= 11 is 0. The minimum absolute atomic E-state index is 0.724. The molecule has 1 atom stereocenters. The number of ether oxygens (including phenoxy) is 2. The molecule has 4 rings (SSSR count). The van der Waals surface area contributed by atoms with Gasteiger partial charge in [0.15, 0.2) is 0 Å². The maximum Gasteiger partial charge on any atom is 0.119 e. The summed E-state index contributed by atoms with van der Waals surface area (Å²) in [6.45, 7) is 11.0. The summed E-state index contributed by atoms with van der Waals surface area (Å²) in [7, 11) is 0. The Balaban J connectivity index is 1.15. The van der Waals surface area contributed by atoms with Crippen LogP contribution in [0, 0.1) is 5.92 Å². The number of nitrogens with zero attached hydrogens (tertiary/aromatic N) is 2. The van der Waals surface area contributed by atoms with Crippen molar-refractivity contribution >= 4 is 0 Å². The van der Waals surface area contributed by atoms with Crippen LogP contribution in [0.1, 0.15) is 63.4 Å². The van der Waals surface area contributed by atoms with Crippen LogP contribution < -0.4 is 4.74 Å². The van der Waals surface area contributed by atoms with Gasteiger partial charge in [0.2, 0.25) is 0 Å². The third-order valence-electron chi connectivity index (χ3n) is 7.24. The highest BCUT2D eigenvalue weighted by molar-refractivity contribution is 5.29. The van der Waals surface area contributed by atoms with Gasteiger partial charge < -0.3 is 14.4 Å². The summed E-state index contributed by atoms with van der Waals surface area (Å²) < 4.78 is 11.5. The van der Waals surface area contributed by atoms with E-state index in [1.165, 1.54) is 63.7 Å². The van der Waals surface area contributed by atoms with E-state index in [0.29, 0.717) is 0 Å². The Morgan fingerprint density at radius 2 is 1.72 bits per heavy atom. The molecule has 1 unspecified atom stereocenters. The molecule has 2 aliphatic heterocycles. The molecule has 4 heteroatoms. The van der Waals surface area contributed by atoms with Crippen molar-refractivity contribution in [3.05, 3.63) is 29.8 Å². The van der Waals surface area contributed by atoms with Crippen molar-refractivity contribution in [1.29, 1.82) is 0 Å². The first-order valence-corrected chi connectivity index (χ1v) is 12.0. The molecule has 0 bridgehead atoms. The van der Waals surface area contributed by atoms with Gasteiger partial charge >= 0.3 is 0 Å². The Morgan fingerprint density at radius 3 is 2.45 bits per heavy atom. The molecule has 1 aliphatic carbocycles. The molecule has 1 saturated carbocycles. The minimum Gasteiger partial charge on any atom is -0.494 e. The van der Waals surface area contributed by atoms with Crippen LogP contribution in [0.4, 0.5) is 0 Å². The van der Waals surface area contributed by atoms with Gasteiger partial charge in [0, 0.05) is 32.2 Å². The fourth-order valence-electron chi connectivity index (χ4n) is 5.52. The highest BCUT2D eigenvalue weighted by Crippen LogP contribution is 2.35. The Morgan fingerprint density at radius 1 is 0.966 bits per heavy atom. The van der Waals surface area contributed by atoms with Crippen LogP contribution >= 0.6 is 0 Å². The Labute approximate surface area is 177 Å². The van der Waals surface area contributed by atoms with Crippen molar-refractivity contribution in [2.45, 2.75) is 63.8 Å². The maximum atomic E-state index is 6.02. The first kappa shape index (κ1) is 21.1. The van der Waals surface area contributed by atoms with Crippen molar-refractivity contribution < 1.29 is 9.47 Å². The molecule has 1 aromatic carbocycles. The van der Waals surface area contributed by atoms with E-state index >= 15 is 0 Å². The maximum absolute atomic E-state index is 6.02. The summed E-state index contributed by atoms with van der Waals surface area (Å²) in [4.78, 5) is 5.26. The normalized spacial score (nSPS) is 29.6. The van der Waals surface area contributed by atoms with Crippen LogP contribution in [0.5, 0.6) is 5.75 Å². The number of rotatable bonds is 7. The van der Waals surface area contributed by atoms with E-state index in [1.807, 2.05) is 0 Å². The largest absolute Gasteiger partial charge is 0.494 e. The zero-order valence-electron chi connectivity index (χ0n) is 18.4. The number of benzene rings is 1. The summed E-state index contributed by atoms with van der Waals surface area (Å²) in [6.07, 6.45) is 9.18. The lowest BCUT2D eigenvalue weighted by Gasteiger charge is -2.38. The van der Waals surface area contributed by atoms with Crippen molar-refractivity contribution in [2.75, 3.05) is 52.5 Å². The minimum atomic E-state index is 0.724. The molecule has 0 aromatic heterocycles. The van der Waals surface area contributed by atoms with Gasteiger partial charge in [-0.25, -0.2) is 0 Å². The lowest BCUT2D eigenvalue weighted by Crippen LogP contribution is -2.44. The molecule has 3 aliphatic rings. The first-order chi connectivity index (χ1) is 14.3. The number of hydrogen-bond donors (Lipinski definition) is 0. The molecule has 1 aromatic rings. The number of hydrogen-bond acceptors (Lipinski definition) is 4. The monoisotopic (exact) mass is 400 g/mol. The SMILES string of the molecule is CC1CCCN(CCCOc2ccc([C@H]3CC[C@H](N4CCOCC4)CC3)cc2)C1. The van der Waals surface area contributed by atoms with Crippen molar-refractivity contribution in [1.82, 2.24) is 9.80 Å². The van der Waals surface area contributed by atoms with Crippen LogP contribution in [0.25, 0.3) is 0 Å². The fourth-order valence-corrected chi connectivity index (χ4v) is 5.52. The predicted octanol–water partition coefficient (Wildman–Crippen LogP) is 4.55. The Hall–Kier alpha value is -1.10. The average molecular weight is 401 g/mol. The van der Waals surface area contributed by atoms with Gasteiger partial charge in [-0.2, -0.15) is 0 Å². The zero-order valence-corrected chi connectivity index (χ0v) is 18.4. The van der Waals surface area contributed by atoms with E-state index in [1.54, 1.807) is 0 Å². The molecule has 162 valence electrons. The highest BCUT2D eigenvalue weighted by Gasteiger charge is 2.27. The van der Waals surface area contributed by atoms with Crippen LogP contribution in [-0.2, 0) is 4.74 Å². The van der Waals surface area contributed by atoms with E-state index in [0.717, 1.165) is 63.0 Å². The third-order valence-corrected chi connectivity index (χ3v) is 7.24. The van der Waals surface area contributed by atoms with Gasteiger partial charge in [-0.3, -0.25) is 4.90 Å². The van der Waals surface area contributed by atoms with Crippen molar-refractivity contribution in [3.63, 3.8) is 0 Å². The summed E-state index contributed by atoms with van der Waals surface area (Å²) in [5.41, 5.74) is 1.50. The molecule has 3 fully saturated rings. The van der Waals surface area contributed by atoms with Gasteiger partial charge in [0.1, 0.15) is 5.75 Å². The van der Waals surface area contributed by atoms with Crippen LogP contribution in [0.3, 0.4) is 0 Å². The molecule has 4 nitrogen and oxygen atoms in total. The average Bonchev–Trinajstić information content (AvgIpc) is 2.78. The third kappa shape index (κ3) is 6.19. The van der Waals surface area contributed by atoms with Crippen molar-refractivity contribution in [2.24, 2.45) is 5.92 Å². The van der Waals surface area contributed by atoms with E-state index in [9.17, 15) is 0 Å². The molecule has 0 N–H and O–H groups in total. The predicted molar refractivity (Wildman–Crippen MR) is 119 cm³/mol. The quantitative estimate of drug-likeness (QED) is 0.627. The van der Waals surface area contributed by atoms with Crippen LogP contribution in [0.2, 0.25) is 0 Å². The molecule has 29 heavy (non-hydrogen) atoms. The van der Waals surface area contributed by atoms with Gasteiger partial charge in [-0.05, 0) is 81.0 Å². The second-order valence-corrected chi connectivity index (χ2v) is 9.47. The fraction of sp³-hybridized carbons (Fsp3) is 0.760. The molecule has 2 saturated heterocycles. The highest BCUT2D eigenvalue weighted by atomic mass is 16.5. The number of morpholine rings is 1. The van der Waals surface area contributed by atoms with E-state index in [-0.39, 0.29) is 0 Å². The summed E-state index contributed by atoms with van der Waals surface area (Å²) in [5.74, 6) is 2.62. The molecular formula is C25H40N2O2. The molecule has 2 heterocycles. The standard InChI is InChI=1S/C25H40N2O2/c1-21-4-2-13-26(20-21)14-3-17-29-25-11-7-23(8-12-25)22-5-9-24(10-6-22)27-15-18-28-19-16-27/h7-8,11-12,21-22,24H,2-6,9-10,13-20H2,1H3/t21?,22-,24-. The number of likely N-dealkylation sites (tertiary alicyclic amines) is 1. The topological polar surface area (TPSA) is 24.9 Å². The first-order valence-electron chi connectivity index (χ1n) is 12.0. The lowest BCUT2D eigenvalue weighted by atomic mass is 9.81. The second-order valence-electron chi connectivity index (χ2n) is 9.47. The lowest BCUT2D eigenvalue weighted by molar-refractivity contribution is 0.00729. The second kappa shape index (κ2) is 10.8. The summed E-state index contributed by atoms with van der Waals surface area (Å²) in [6, 6.07) is 9.77. The molecular weight excluding hydrogens is 360 g/mol. The summed E-state index contributed by atoms with van der Waals surface area (Å²) in [5, 5.41) is 0. The molecule has 0 amide bonds. The molecule has 0 spiro atoms. The zero-order chi connectivity index (χ0) is 19.9. The van der Waals surface area contributed by atoms with Gasteiger partial charge in [0.05, 0.1) is 19.8 Å². The smallest absolute Gasteiger partial charge is 0.119 e. The van der Waals surface area contributed by atoms with Gasteiger partial charge in [-0.1, -0.05) is 19.1 Å². The van der Waals surface area contributed by atoms with E-state index < -0.39 is 0 Å². The Bertz CT molecular complexity index is 591. The van der Waals surface area contributed by atoms with Gasteiger partial charge in [0.25, 0.3) is 0 Å². The van der Waals surface area contributed by atoms with E-state index in [4.69, 9.17) is 9.47 Å². The van der Waals surface area contributed by atoms with Crippen LogP contribution in [0.15, 0.2) is 24.3 Å². The van der Waals surface area contributed by atoms with E-state index in [2.05, 4.69) is 41.0 Å². The van der Waals surface area contributed by atoms with Gasteiger partial charge in [-0.15, -0.1) is 0 Å². The molecule has 0 radical (unpaired) electrons. The Kier molecular flexibility index (Phi) is 7.87.